The molecule has 1 N–H and O–H groups in total. The van der Waals surface area contributed by atoms with E-state index in [-0.39, 0.29) is 6.07 Å². The summed E-state index contributed by atoms with van der Waals surface area (Å²) in [6.45, 7) is 1.34. The van der Waals surface area contributed by atoms with Crippen molar-refractivity contribution >= 4 is 11.9 Å². The summed E-state index contributed by atoms with van der Waals surface area (Å²) in [6, 6.07) is 16.6. The lowest BCUT2D eigenvalue weighted by Crippen LogP contribution is -2.47. The first-order chi connectivity index (χ1) is 17.2. The molecule has 4 nitrogen and oxygen atoms in total. The molecule has 0 aliphatic rings. The Hall–Kier alpha value is -3.82. The van der Waals surface area contributed by atoms with E-state index >= 15 is 0 Å². The van der Waals surface area contributed by atoms with Crippen molar-refractivity contribution in [3.8, 4) is 0 Å². The first kappa shape index (κ1) is 27.8. The van der Waals surface area contributed by atoms with Gasteiger partial charge in [-0.2, -0.15) is 26.3 Å². The van der Waals surface area contributed by atoms with Gasteiger partial charge in [0.1, 0.15) is 0 Å². The first-order valence-electron chi connectivity index (χ1n) is 11.1. The van der Waals surface area contributed by atoms with Crippen LogP contribution < -0.4 is 0 Å². The van der Waals surface area contributed by atoms with E-state index in [1.54, 1.807) is 60.7 Å². The zero-order valence-electron chi connectivity index (χ0n) is 19.7. The molecule has 2 atom stereocenters. The van der Waals surface area contributed by atoms with E-state index in [0.29, 0.717) is 23.3 Å². The third kappa shape index (κ3) is 6.31. The highest BCUT2D eigenvalue weighted by Gasteiger charge is 2.41. The van der Waals surface area contributed by atoms with E-state index in [1.807, 2.05) is 0 Å². The highest BCUT2D eigenvalue weighted by atomic mass is 19.4. The number of amides is 1. The zero-order chi connectivity index (χ0) is 27.5. The molecule has 2 unspecified atom stereocenters. The number of benzene rings is 3. The molecule has 0 aliphatic heterocycles. The van der Waals surface area contributed by atoms with Crippen LogP contribution in [0.15, 0.2) is 78.9 Å². The van der Waals surface area contributed by atoms with Gasteiger partial charge in [0, 0.05) is 18.5 Å². The molecule has 0 saturated carbocycles. The highest BCUT2D eigenvalue weighted by Crippen LogP contribution is 2.38. The predicted molar refractivity (Wildman–Crippen MR) is 124 cm³/mol. The molecule has 0 aliphatic carbocycles. The van der Waals surface area contributed by atoms with Crippen LogP contribution in [0.5, 0.6) is 0 Å². The number of carboxylic acid groups (broad SMARTS) is 1. The van der Waals surface area contributed by atoms with E-state index < -0.39 is 58.8 Å². The number of carboxylic acids is 1. The maximum atomic E-state index is 13.4. The van der Waals surface area contributed by atoms with Crippen molar-refractivity contribution in [2.75, 3.05) is 7.05 Å². The van der Waals surface area contributed by atoms with Gasteiger partial charge in [-0.15, -0.1) is 0 Å². The Kier molecular flexibility index (Phi) is 8.00. The molecule has 37 heavy (non-hydrogen) atoms. The summed E-state index contributed by atoms with van der Waals surface area (Å²) in [5.41, 5.74) is -2.89. The second-order valence-corrected chi connectivity index (χ2v) is 8.63. The fourth-order valence-electron chi connectivity index (χ4n) is 4.32. The summed E-state index contributed by atoms with van der Waals surface area (Å²) in [5, 5.41) is 9.86. The minimum absolute atomic E-state index is 0.0646. The third-order valence-corrected chi connectivity index (χ3v) is 6.16. The van der Waals surface area contributed by atoms with Crippen LogP contribution in [0, 0.1) is 5.92 Å². The lowest BCUT2D eigenvalue weighted by molar-refractivity contribution is -0.144. The van der Waals surface area contributed by atoms with Crippen molar-refractivity contribution < 1.29 is 41.0 Å². The van der Waals surface area contributed by atoms with Gasteiger partial charge in [-0.1, -0.05) is 60.7 Å². The average Bonchev–Trinajstić information content (AvgIpc) is 2.85. The zero-order valence-corrected chi connectivity index (χ0v) is 19.7. The number of carbonyl (C=O) groups is 2. The van der Waals surface area contributed by atoms with Crippen LogP contribution in [-0.2, 0) is 17.1 Å². The standard InChI is InChI=1S/C27H23F6NO3/c1-16(25(36)37)23(22(17-9-5-3-6-10-17)18-11-7-4-8-12-18)34(2)24(35)19-13-20(26(28,29)30)15-21(14-19)27(31,32)33/h3-16,22-23H,1-2H3,(H,36,37). The summed E-state index contributed by atoms with van der Waals surface area (Å²) in [7, 11) is 1.18. The fraction of sp³-hybridized carbons (Fsp3) is 0.259. The van der Waals surface area contributed by atoms with Crippen LogP contribution in [-0.4, -0.2) is 35.0 Å². The summed E-state index contributed by atoms with van der Waals surface area (Å²) in [4.78, 5) is 26.5. The maximum absolute atomic E-state index is 13.4. The number of alkyl halides is 6. The number of nitrogens with zero attached hydrogens (tertiary/aromatic N) is 1. The number of halogens is 6. The number of hydrogen-bond donors (Lipinski definition) is 1. The largest absolute Gasteiger partial charge is 0.481 e. The Morgan fingerprint density at radius 3 is 1.51 bits per heavy atom. The molecule has 3 rings (SSSR count). The van der Waals surface area contributed by atoms with E-state index in [1.165, 1.54) is 14.0 Å². The van der Waals surface area contributed by atoms with Crippen molar-refractivity contribution in [1.29, 1.82) is 0 Å². The smallest absolute Gasteiger partial charge is 0.416 e. The molecule has 3 aromatic carbocycles. The Morgan fingerprint density at radius 1 is 0.757 bits per heavy atom. The average molecular weight is 523 g/mol. The van der Waals surface area contributed by atoms with Crippen LogP contribution >= 0.6 is 0 Å². The summed E-state index contributed by atoms with van der Waals surface area (Å²) in [6.07, 6.45) is -10.3. The first-order valence-corrected chi connectivity index (χ1v) is 11.1. The number of rotatable bonds is 7. The lowest BCUT2D eigenvalue weighted by atomic mass is 9.78. The van der Waals surface area contributed by atoms with Gasteiger partial charge in [0.15, 0.2) is 0 Å². The van der Waals surface area contributed by atoms with Crippen molar-refractivity contribution in [3.05, 3.63) is 107 Å². The monoisotopic (exact) mass is 523 g/mol. The minimum Gasteiger partial charge on any atom is -0.481 e. The number of aliphatic carboxylic acids is 1. The number of carbonyl (C=O) groups excluding carboxylic acids is 1. The molecule has 0 spiro atoms. The number of hydrogen-bond acceptors (Lipinski definition) is 2. The van der Waals surface area contributed by atoms with Crippen molar-refractivity contribution in [2.45, 2.75) is 31.2 Å². The van der Waals surface area contributed by atoms with Crippen molar-refractivity contribution in [1.82, 2.24) is 4.90 Å². The summed E-state index contributed by atoms with van der Waals surface area (Å²) < 4.78 is 80.4. The quantitative estimate of drug-likeness (QED) is 0.350. The maximum Gasteiger partial charge on any atom is 0.416 e. The lowest BCUT2D eigenvalue weighted by Gasteiger charge is -2.38. The molecule has 0 fully saturated rings. The number of likely N-dealkylation sites (N-methyl/N-ethyl adjacent to an activating group) is 1. The van der Waals surface area contributed by atoms with Gasteiger partial charge in [0.25, 0.3) is 5.91 Å². The van der Waals surface area contributed by atoms with Crippen LogP contribution in [0.25, 0.3) is 0 Å². The Labute approximate surface area is 209 Å². The molecule has 0 aromatic heterocycles. The molecule has 1 amide bonds. The van der Waals surface area contributed by atoms with E-state index in [4.69, 9.17) is 0 Å². The SMILES string of the molecule is CC(C(=O)O)C(C(c1ccccc1)c1ccccc1)N(C)C(=O)c1cc(C(F)(F)F)cc(C(F)(F)F)c1. The topological polar surface area (TPSA) is 57.6 Å². The van der Waals surface area contributed by atoms with Crippen molar-refractivity contribution in [3.63, 3.8) is 0 Å². The third-order valence-electron chi connectivity index (χ3n) is 6.16. The van der Waals surface area contributed by atoms with E-state index in [0.717, 1.165) is 4.90 Å². The summed E-state index contributed by atoms with van der Waals surface area (Å²) >= 11 is 0. The second-order valence-electron chi connectivity index (χ2n) is 8.63. The normalized spacial score (nSPS) is 13.8. The molecule has 0 bridgehead atoms. The molecule has 3 aromatic rings. The molecule has 0 saturated heterocycles. The molecular formula is C27H23F6NO3. The van der Waals surface area contributed by atoms with Crippen LogP contribution in [0.3, 0.4) is 0 Å². The van der Waals surface area contributed by atoms with Gasteiger partial charge >= 0.3 is 18.3 Å². The van der Waals surface area contributed by atoms with Gasteiger partial charge in [-0.05, 0) is 36.2 Å². The molecular weight excluding hydrogens is 500 g/mol. The Bertz CT molecular complexity index is 1170. The molecule has 10 heteroatoms. The van der Waals surface area contributed by atoms with Gasteiger partial charge in [-0.25, -0.2) is 0 Å². The van der Waals surface area contributed by atoms with Crippen molar-refractivity contribution in [2.24, 2.45) is 5.92 Å². The minimum atomic E-state index is -5.14. The molecule has 196 valence electrons. The van der Waals surface area contributed by atoms with Crippen LogP contribution in [0.4, 0.5) is 26.3 Å². The van der Waals surface area contributed by atoms with E-state index in [2.05, 4.69) is 0 Å². The summed E-state index contributed by atoms with van der Waals surface area (Å²) in [5.74, 6) is -4.46. The Balaban J connectivity index is 2.19. The molecule has 0 radical (unpaired) electrons. The Morgan fingerprint density at radius 2 is 1.16 bits per heavy atom. The second kappa shape index (κ2) is 10.7. The molecule has 0 heterocycles. The van der Waals surface area contributed by atoms with Gasteiger partial charge in [0.05, 0.1) is 23.1 Å². The van der Waals surface area contributed by atoms with Gasteiger partial charge < -0.3 is 10.0 Å². The van der Waals surface area contributed by atoms with Gasteiger partial charge in [0.2, 0.25) is 0 Å². The predicted octanol–water partition coefficient (Wildman–Crippen LogP) is 6.72. The highest BCUT2D eigenvalue weighted by molar-refractivity contribution is 5.95. The van der Waals surface area contributed by atoms with E-state index in [9.17, 15) is 41.0 Å². The fourth-order valence-corrected chi connectivity index (χ4v) is 4.32. The van der Waals surface area contributed by atoms with Crippen LogP contribution in [0.1, 0.15) is 45.5 Å². The van der Waals surface area contributed by atoms with Gasteiger partial charge in [-0.3, -0.25) is 9.59 Å². The van der Waals surface area contributed by atoms with Crippen LogP contribution in [0.2, 0.25) is 0 Å².